The van der Waals surface area contributed by atoms with Crippen molar-refractivity contribution in [2.45, 2.75) is 58.6 Å². The molecule has 2 aliphatic carbocycles. The highest BCUT2D eigenvalue weighted by atomic mass is 16.6. The zero-order chi connectivity index (χ0) is 34.4. The number of fused-ring (bicyclic) bond motifs is 1. The van der Waals surface area contributed by atoms with Crippen LogP contribution in [-0.4, -0.2) is 65.6 Å². The number of Topliss-reactive ketones (excluding diaryl/α,β-unsaturated/α-hetero) is 1. The molecule has 2 amide bonds. The predicted octanol–water partition coefficient (Wildman–Crippen LogP) is 3.21. The number of amides is 2. The van der Waals surface area contributed by atoms with Gasteiger partial charge in [-0.3, -0.25) is 23.9 Å². The van der Waals surface area contributed by atoms with Crippen molar-refractivity contribution in [2.75, 3.05) is 17.3 Å². The molecule has 0 bridgehead atoms. The van der Waals surface area contributed by atoms with Gasteiger partial charge in [0.2, 0.25) is 0 Å². The number of nitrogens with one attached hydrogen (secondary N) is 2. The molecule has 2 aliphatic rings. The van der Waals surface area contributed by atoms with Gasteiger partial charge in [0.1, 0.15) is 40.1 Å². The van der Waals surface area contributed by atoms with Gasteiger partial charge in [-0.15, -0.1) is 0 Å². The Morgan fingerprint density at radius 2 is 1.96 bits per heavy atom. The van der Waals surface area contributed by atoms with Gasteiger partial charge in [-0.2, -0.15) is 9.61 Å². The fourth-order valence-electron chi connectivity index (χ4n) is 5.15. The van der Waals surface area contributed by atoms with Crippen molar-refractivity contribution in [3.8, 4) is 5.82 Å². The predicted molar refractivity (Wildman–Crippen MR) is 177 cm³/mol. The Balaban J connectivity index is 1.35. The number of ketones is 1. The third-order valence-electron chi connectivity index (χ3n) is 7.81. The molecule has 1 saturated carbocycles. The second-order valence-corrected chi connectivity index (χ2v) is 13.0. The molecule has 15 nitrogen and oxygen atoms in total. The van der Waals surface area contributed by atoms with Crippen LogP contribution in [0.1, 0.15) is 56.7 Å². The molecule has 0 saturated heterocycles. The van der Waals surface area contributed by atoms with E-state index >= 15 is 0 Å². The van der Waals surface area contributed by atoms with Gasteiger partial charge in [-0.1, -0.05) is 12.2 Å². The topological polar surface area (TPSA) is 192 Å². The van der Waals surface area contributed by atoms with Crippen LogP contribution >= 0.6 is 0 Å². The molecule has 4 heterocycles. The first-order valence-corrected chi connectivity index (χ1v) is 15.4. The van der Waals surface area contributed by atoms with Gasteiger partial charge in [0.25, 0.3) is 11.5 Å². The van der Waals surface area contributed by atoms with E-state index in [4.69, 9.17) is 10.5 Å². The van der Waals surface area contributed by atoms with Crippen LogP contribution in [0.25, 0.3) is 11.5 Å². The van der Waals surface area contributed by atoms with E-state index in [-0.39, 0.29) is 64.2 Å². The summed E-state index contributed by atoms with van der Waals surface area (Å²) in [5.41, 5.74) is 4.40. The Morgan fingerprint density at radius 3 is 2.69 bits per heavy atom. The number of pyridine rings is 1. The molecule has 1 atom stereocenters. The van der Waals surface area contributed by atoms with Crippen LogP contribution in [0.15, 0.2) is 71.6 Å². The van der Waals surface area contributed by atoms with E-state index in [1.165, 1.54) is 39.5 Å². The second kappa shape index (κ2) is 12.1. The molecule has 0 aliphatic heterocycles. The number of carbonyl (C=O) groups is 3. The molecule has 0 radical (unpaired) electrons. The van der Waals surface area contributed by atoms with E-state index < -0.39 is 22.7 Å². The number of anilines is 3. The maximum absolute atomic E-state index is 13.8. The number of nitrogens with zero attached hydrogens (tertiary/aromatic N) is 7. The van der Waals surface area contributed by atoms with E-state index in [9.17, 15) is 19.2 Å². The lowest BCUT2D eigenvalue weighted by molar-refractivity contribution is -0.122. The van der Waals surface area contributed by atoms with Crippen molar-refractivity contribution in [2.24, 2.45) is 11.1 Å². The average molecular weight is 653 g/mol. The van der Waals surface area contributed by atoms with Gasteiger partial charge in [0, 0.05) is 38.0 Å². The Morgan fingerprint density at radius 1 is 1.19 bits per heavy atom. The first-order valence-electron chi connectivity index (χ1n) is 15.4. The van der Waals surface area contributed by atoms with Gasteiger partial charge < -0.3 is 21.1 Å². The van der Waals surface area contributed by atoms with Crippen LogP contribution in [0.5, 0.6) is 0 Å². The van der Waals surface area contributed by atoms with Crippen molar-refractivity contribution in [3.63, 3.8) is 0 Å². The molecular weight excluding hydrogens is 616 g/mol. The van der Waals surface area contributed by atoms with Gasteiger partial charge in [0.05, 0.1) is 17.3 Å². The molecular formula is C33H36N10O5. The van der Waals surface area contributed by atoms with Crippen LogP contribution in [0.4, 0.5) is 22.1 Å². The lowest BCUT2D eigenvalue weighted by atomic mass is 9.78. The normalized spacial score (nSPS) is 17.6. The van der Waals surface area contributed by atoms with Crippen LogP contribution in [0.3, 0.4) is 0 Å². The van der Waals surface area contributed by atoms with Crippen molar-refractivity contribution < 1.29 is 19.1 Å². The minimum absolute atomic E-state index is 0.0974. The molecule has 4 aromatic rings. The molecule has 15 heteroatoms. The van der Waals surface area contributed by atoms with Gasteiger partial charge in [0.15, 0.2) is 11.4 Å². The zero-order valence-electron chi connectivity index (χ0n) is 27.2. The van der Waals surface area contributed by atoms with Gasteiger partial charge in [-0.05, 0) is 64.8 Å². The van der Waals surface area contributed by atoms with Crippen molar-refractivity contribution in [1.29, 1.82) is 0 Å². The van der Waals surface area contributed by atoms with Crippen molar-refractivity contribution in [1.82, 2.24) is 34.4 Å². The minimum atomic E-state index is -0.928. The fraction of sp³-hybridized carbons (Fsp3) is 0.333. The Hall–Kier alpha value is -5.86. The summed E-state index contributed by atoms with van der Waals surface area (Å²) in [5, 5.41) is 10.3. The number of carbonyl (C=O) groups excluding carboxylic acids is 3. The second-order valence-electron chi connectivity index (χ2n) is 13.0. The number of hydrogen-bond donors (Lipinski definition) is 3. The molecule has 4 aromatic heterocycles. The number of hydrogen-bond acceptors (Lipinski definition) is 11. The van der Waals surface area contributed by atoms with Crippen LogP contribution < -0.4 is 26.8 Å². The summed E-state index contributed by atoms with van der Waals surface area (Å²) < 4.78 is 8.27. The summed E-state index contributed by atoms with van der Waals surface area (Å²) >= 11 is 0. The molecule has 248 valence electrons. The van der Waals surface area contributed by atoms with E-state index in [0.717, 1.165) is 12.8 Å². The monoisotopic (exact) mass is 652 g/mol. The van der Waals surface area contributed by atoms with Crippen molar-refractivity contribution >= 4 is 40.8 Å². The summed E-state index contributed by atoms with van der Waals surface area (Å²) in [4.78, 5) is 67.5. The highest BCUT2D eigenvalue weighted by Crippen LogP contribution is 2.30. The van der Waals surface area contributed by atoms with E-state index in [1.54, 1.807) is 70.3 Å². The number of rotatable bonds is 8. The maximum Gasteiger partial charge on any atom is 0.415 e. The van der Waals surface area contributed by atoms with Crippen LogP contribution in [0.2, 0.25) is 0 Å². The molecule has 6 rings (SSSR count). The van der Waals surface area contributed by atoms with Crippen LogP contribution in [0, 0.1) is 5.41 Å². The molecule has 0 aromatic carbocycles. The summed E-state index contributed by atoms with van der Waals surface area (Å²) in [6, 6.07) is 6.44. The van der Waals surface area contributed by atoms with Gasteiger partial charge in [-0.25, -0.2) is 19.7 Å². The smallest absolute Gasteiger partial charge is 0.415 e. The molecule has 4 N–H and O–H groups in total. The molecule has 1 unspecified atom stereocenters. The highest BCUT2D eigenvalue weighted by molar-refractivity contribution is 6.02. The summed E-state index contributed by atoms with van der Waals surface area (Å²) in [7, 11) is 1.52. The SMILES string of the molecule is CN(C(=O)OC(C)(C)C)c1cc(Nc2cccn(-c3ccnc(CC4(C)C=CC=C(N)C4=O)n3)c2=O)nc2c(C(=O)NC3CC3)cnn12. The fourth-order valence-corrected chi connectivity index (χ4v) is 5.15. The average Bonchev–Trinajstić information content (AvgIpc) is 3.74. The highest BCUT2D eigenvalue weighted by Gasteiger charge is 2.35. The number of ether oxygens (including phenoxy) is 1. The standard InChI is InChI=1S/C33H36N10O5/c1-32(2,3)48-31(47)41(5)26-16-23(40-28-20(18-36-43(26)28)29(45)37-19-10-11-19)38-22-9-7-15-42(30(22)46)25-12-14-35-24(39-25)17-33(4)13-6-8-21(34)27(33)44/h6-9,12-16,18-19H,10-11,17,34H2,1-5H3,(H,37,45)(H,38,40). The minimum Gasteiger partial charge on any atom is -0.443 e. The largest absolute Gasteiger partial charge is 0.443 e. The first kappa shape index (κ1) is 32.1. The number of aromatic nitrogens is 6. The maximum atomic E-state index is 13.8. The van der Waals surface area contributed by atoms with E-state index in [1.807, 2.05) is 0 Å². The Bertz CT molecular complexity index is 2070. The quantitative estimate of drug-likeness (QED) is 0.253. The number of allylic oxidation sites excluding steroid dienone is 4. The van der Waals surface area contributed by atoms with Gasteiger partial charge >= 0.3 is 6.09 Å². The molecule has 48 heavy (non-hydrogen) atoms. The Kier molecular flexibility index (Phi) is 8.06. The molecule has 1 fully saturated rings. The number of nitrogens with two attached hydrogens (primary N) is 1. The Labute approximate surface area is 275 Å². The van der Waals surface area contributed by atoms with E-state index in [2.05, 4.69) is 30.7 Å². The third kappa shape index (κ3) is 6.52. The van der Waals surface area contributed by atoms with Crippen LogP contribution in [-0.2, 0) is 16.0 Å². The lowest BCUT2D eigenvalue weighted by Crippen LogP contribution is -2.35. The lowest BCUT2D eigenvalue weighted by Gasteiger charge is -2.26. The third-order valence-corrected chi connectivity index (χ3v) is 7.81. The summed E-state index contributed by atoms with van der Waals surface area (Å²) in [5.74, 6) is 0.490. The zero-order valence-corrected chi connectivity index (χ0v) is 27.2. The summed E-state index contributed by atoms with van der Waals surface area (Å²) in [6.45, 7) is 7.02. The molecule has 0 spiro atoms. The van der Waals surface area contributed by atoms with Crippen molar-refractivity contribution in [3.05, 3.63) is 88.5 Å². The summed E-state index contributed by atoms with van der Waals surface area (Å²) in [6.07, 6.45) is 10.8. The van der Waals surface area contributed by atoms with E-state index in [0.29, 0.717) is 5.82 Å². The first-order chi connectivity index (χ1) is 22.7.